The second kappa shape index (κ2) is 57.4. The van der Waals surface area contributed by atoms with Crippen molar-refractivity contribution in [3.8, 4) is 11.8 Å². The van der Waals surface area contributed by atoms with Gasteiger partial charge in [0.05, 0.1) is 57.2 Å². The number of unbranched alkanes of at least 4 members (excludes halogenated alkanes) is 5. The van der Waals surface area contributed by atoms with Crippen LogP contribution in [0.5, 0.6) is 0 Å². The van der Waals surface area contributed by atoms with Crippen LogP contribution in [0.1, 0.15) is 239 Å². The number of hydrogen-bond donors (Lipinski definition) is 16. The predicted octanol–water partition coefficient (Wildman–Crippen LogP) is 6.80. The Bertz CT molecular complexity index is 3260. The van der Waals surface area contributed by atoms with Gasteiger partial charge < -0.3 is 92.9 Å². The second-order valence-corrected chi connectivity index (χ2v) is 30.1. The molecule has 16 N–H and O–H groups in total. The van der Waals surface area contributed by atoms with E-state index in [0.29, 0.717) is 105 Å². The van der Waals surface area contributed by atoms with Gasteiger partial charge in [-0.05, 0) is 190 Å². The number of allylic oxidation sites excluding steroid dienone is 1. The average molecular weight is 1610 g/mol. The number of aliphatic hydroxyl groups is 1. The number of thioether (sulfide) groups is 1. The molecule has 113 heavy (non-hydrogen) atoms. The van der Waals surface area contributed by atoms with Crippen LogP contribution in [-0.2, 0) is 71.8 Å². The molecule has 0 spiro atoms. The Kier molecular flexibility index (Phi) is 49.6. The molecule has 0 radical (unpaired) electrons. The predicted molar refractivity (Wildman–Crippen MR) is 415 cm³/mol. The minimum atomic E-state index is -1.10. The van der Waals surface area contributed by atoms with E-state index in [9.17, 15) is 71.9 Å². The van der Waals surface area contributed by atoms with Crippen LogP contribution in [-0.4, -0.2) is 217 Å². The van der Waals surface area contributed by atoms with Crippen molar-refractivity contribution < 1.29 is 122 Å². The van der Waals surface area contributed by atoms with Crippen LogP contribution in [0.2, 0.25) is 0 Å². The molecule has 0 bridgehead atoms. The van der Waals surface area contributed by atoms with Crippen molar-refractivity contribution in [2.24, 2.45) is 23.7 Å². The molecule has 34 heteroatoms. The standard InChI is InChI=1S/C14H25NO3.C11H17NO3.C11H11NO3.C10H17NO4.C9H15NO4.C9H15NO3S.C8H9NO2.C7H9NO3/c16-13(15-11-12-9-10-12)7-5-3-1-2-4-6-8-14(17)18;2*13-10(12-9-5-6-9)7-1-3-8(4-2-7)11(14)15;12-9(11-7-8-1-2-8)3-5-15-6-4-10(13)14;2*11-8(10-7-1-2-7)3-5-14-6-4-9(12)13;1-6(10)2-5-8(11)9-7-3-4-7;9-6(3-4-7(10)11)8-5-1-2-5/h12H,1-11H2,(H,15,16)(H,17,18);7-9H,1-6H2,(H,12,13)(H,14,15);1-4,9H,5-6H2,(H,12,13)(H,14,15);8H,1-7H2,(H,11,12)(H,13,14);2*7H,1-6H2,(H,10,11)(H,12,13);7,10H,1,3-4H2,(H,9,11);3-5H,1-2H2,(H,8,9)(H,10,11)/b;;;;;;;4-3+. The van der Waals surface area contributed by atoms with Crippen molar-refractivity contribution in [2.75, 3.05) is 51.0 Å². The van der Waals surface area contributed by atoms with Crippen molar-refractivity contribution in [3.05, 3.63) is 59.9 Å². The van der Waals surface area contributed by atoms with Crippen molar-refractivity contribution in [2.45, 2.75) is 255 Å². The highest BCUT2D eigenvalue weighted by molar-refractivity contribution is 7.99. The van der Waals surface area contributed by atoms with Crippen molar-refractivity contribution in [3.63, 3.8) is 0 Å². The number of aliphatic hydroxyl groups excluding tert-OH is 1. The Balaban J connectivity index is 0.000000336. The van der Waals surface area contributed by atoms with E-state index in [1.54, 1.807) is 0 Å². The lowest BCUT2D eigenvalue weighted by Gasteiger charge is -2.25. The molecule has 10 rings (SSSR count). The zero-order valence-corrected chi connectivity index (χ0v) is 65.4. The number of carbonyl (C=O) groups is 15. The fourth-order valence-electron chi connectivity index (χ4n) is 9.55. The Labute approximate surface area is 663 Å². The summed E-state index contributed by atoms with van der Waals surface area (Å²) in [7, 11) is 0. The molecule has 9 fully saturated rings. The van der Waals surface area contributed by atoms with Crippen molar-refractivity contribution in [1.82, 2.24) is 42.5 Å². The maximum Gasteiger partial charge on any atom is 0.335 e. The summed E-state index contributed by atoms with van der Waals surface area (Å²) in [5, 5.41) is 90.1. The number of carboxylic acid groups (broad SMARTS) is 7. The van der Waals surface area contributed by atoms with Crippen LogP contribution in [0.3, 0.4) is 0 Å². The normalized spacial score (nSPS) is 17.1. The molecular formula is C79H118N8O25S. The van der Waals surface area contributed by atoms with Gasteiger partial charge >= 0.3 is 41.8 Å². The first-order valence-corrected chi connectivity index (χ1v) is 40.4. The molecule has 0 saturated heterocycles. The third-order valence-corrected chi connectivity index (χ3v) is 18.5. The van der Waals surface area contributed by atoms with Gasteiger partial charge in [0.1, 0.15) is 0 Å². The summed E-state index contributed by atoms with van der Waals surface area (Å²) in [6, 6.07) is 8.04. The molecule has 0 aromatic heterocycles. The van der Waals surface area contributed by atoms with E-state index in [1.807, 2.05) is 0 Å². The highest BCUT2D eigenvalue weighted by Crippen LogP contribution is 2.31. The van der Waals surface area contributed by atoms with E-state index in [1.165, 1.54) is 61.7 Å². The molecule has 630 valence electrons. The van der Waals surface area contributed by atoms with Crippen LogP contribution in [0.25, 0.3) is 0 Å². The highest BCUT2D eigenvalue weighted by Gasteiger charge is 2.33. The lowest BCUT2D eigenvalue weighted by molar-refractivity contribution is -0.144. The Morgan fingerprint density at radius 3 is 1.22 bits per heavy atom. The summed E-state index contributed by atoms with van der Waals surface area (Å²) >= 11 is 1.52. The number of amides is 8. The minimum Gasteiger partial charge on any atom is -0.501 e. The molecule has 8 amide bonds. The maximum atomic E-state index is 11.7. The number of carbonyl (C=O) groups excluding carboxylic acids is 8. The second-order valence-electron chi connectivity index (χ2n) is 28.9. The first kappa shape index (κ1) is 97.6. The monoisotopic (exact) mass is 1610 g/mol. The largest absolute Gasteiger partial charge is 0.501 e. The van der Waals surface area contributed by atoms with Crippen LogP contribution in [0.4, 0.5) is 0 Å². The van der Waals surface area contributed by atoms with Gasteiger partial charge in [0.25, 0.3) is 11.8 Å². The summed E-state index contributed by atoms with van der Waals surface area (Å²) in [5.41, 5.74) is 0.699. The van der Waals surface area contributed by atoms with Gasteiger partial charge in [-0.1, -0.05) is 25.7 Å². The van der Waals surface area contributed by atoms with E-state index >= 15 is 0 Å². The molecule has 9 aliphatic carbocycles. The fraction of sp³-hybridized carbons (Fsp3) is 0.658. The summed E-state index contributed by atoms with van der Waals surface area (Å²) in [5.74, 6) is 0.220. The van der Waals surface area contributed by atoms with Gasteiger partial charge in [-0.3, -0.25) is 62.3 Å². The number of benzene rings is 1. The number of hydrogen-bond acceptors (Lipinski definition) is 19. The summed E-state index contributed by atoms with van der Waals surface area (Å²) in [6.45, 7) is 5.70. The third kappa shape index (κ3) is 61.6. The van der Waals surface area contributed by atoms with Gasteiger partial charge in [-0.2, -0.15) is 11.8 Å². The smallest absolute Gasteiger partial charge is 0.335 e. The van der Waals surface area contributed by atoms with Crippen LogP contribution < -0.4 is 42.5 Å². The van der Waals surface area contributed by atoms with Gasteiger partial charge in [-0.25, -0.2) is 9.59 Å². The summed E-state index contributed by atoms with van der Waals surface area (Å²) in [4.78, 5) is 161. The lowest BCUT2D eigenvalue weighted by Crippen LogP contribution is -2.35. The van der Waals surface area contributed by atoms with E-state index in [4.69, 9.17) is 50.3 Å². The van der Waals surface area contributed by atoms with Gasteiger partial charge in [-0.15, -0.1) is 0 Å². The molecule has 1 aromatic carbocycles. The zero-order valence-electron chi connectivity index (χ0n) is 64.6. The Morgan fingerprint density at radius 1 is 0.389 bits per heavy atom. The Morgan fingerprint density at radius 2 is 0.779 bits per heavy atom. The number of aliphatic carboxylic acids is 6. The number of aromatic carboxylic acids is 1. The number of carboxylic acids is 7. The van der Waals surface area contributed by atoms with E-state index in [-0.39, 0.29) is 115 Å². The third-order valence-electron chi connectivity index (χ3n) is 17.5. The molecule has 9 saturated carbocycles. The lowest BCUT2D eigenvalue weighted by atomic mass is 9.81. The molecule has 0 heterocycles. The topological polar surface area (TPSA) is 533 Å². The zero-order chi connectivity index (χ0) is 83.3. The Hall–Kier alpha value is -9.62. The maximum absolute atomic E-state index is 11.7. The summed E-state index contributed by atoms with van der Waals surface area (Å²) in [6.07, 6.45) is 30.5. The van der Waals surface area contributed by atoms with Crippen LogP contribution in [0, 0.1) is 35.5 Å². The van der Waals surface area contributed by atoms with Crippen molar-refractivity contribution in [1.29, 1.82) is 0 Å². The quantitative estimate of drug-likeness (QED) is 0.0138. The molecule has 0 aliphatic heterocycles. The van der Waals surface area contributed by atoms with E-state index in [0.717, 1.165) is 160 Å². The SMILES string of the molecule is C=C(O)C#CC(=O)NC1CC1.O=C(O)/C=C/C(=O)NC1CC1.O=C(O)C1CCC(C(=O)NC2CC2)CC1.O=C(O)CCCCCCCCC(=O)NCC1CC1.O=C(O)CCOCCC(=O)NC1CC1.O=C(O)CCOCCC(=O)NCC1CC1.O=C(O)CCSCCC(=O)NC1CC1.O=C(O)c1ccc(C(=O)NC2CC2)cc1. The van der Waals surface area contributed by atoms with E-state index in [2.05, 4.69) is 61.0 Å². The van der Waals surface area contributed by atoms with Crippen molar-refractivity contribution >= 4 is 101 Å². The first-order valence-electron chi connectivity index (χ1n) is 39.2. The molecule has 0 atom stereocenters. The van der Waals surface area contributed by atoms with Gasteiger partial charge in [0, 0.05) is 123 Å². The molecule has 33 nitrogen and oxygen atoms in total. The van der Waals surface area contributed by atoms with E-state index < -0.39 is 41.8 Å². The van der Waals surface area contributed by atoms with Gasteiger partial charge in [0.15, 0.2) is 5.76 Å². The van der Waals surface area contributed by atoms with Crippen LogP contribution >= 0.6 is 11.8 Å². The molecule has 1 aromatic rings. The average Bonchev–Trinajstić information content (AvgIpc) is 1.66. The fourth-order valence-corrected chi connectivity index (χ4v) is 10.4. The van der Waals surface area contributed by atoms with Gasteiger partial charge in [0.2, 0.25) is 35.4 Å². The number of rotatable bonds is 43. The molecule has 0 unspecified atom stereocenters. The minimum absolute atomic E-state index is 0.00968. The molecule has 9 aliphatic rings. The summed E-state index contributed by atoms with van der Waals surface area (Å²) < 4.78 is 9.97. The number of nitrogens with one attached hydrogen (secondary N) is 8. The van der Waals surface area contributed by atoms with Crippen LogP contribution in [0.15, 0.2) is 48.8 Å². The highest BCUT2D eigenvalue weighted by atomic mass is 32.2. The number of ether oxygens (including phenoxy) is 2. The molecular weight excluding hydrogens is 1490 g/mol. The first-order chi connectivity index (χ1) is 53.9.